The van der Waals surface area contributed by atoms with E-state index in [2.05, 4.69) is 34.6 Å². The fourth-order valence-corrected chi connectivity index (χ4v) is 8.97. The molecule has 0 bridgehead atoms. The summed E-state index contributed by atoms with van der Waals surface area (Å²) < 4.78 is 0. The Kier molecular flexibility index (Phi) is 5.71. The van der Waals surface area contributed by atoms with Crippen molar-refractivity contribution in [2.75, 3.05) is 0 Å². The second kappa shape index (κ2) is 7.56. The molecule has 28 heavy (non-hydrogen) atoms. The molecule has 0 heterocycles. The largest absolute Gasteiger partial charge is 0.393 e. The molecule has 4 rings (SSSR count). The predicted octanol–water partition coefficient (Wildman–Crippen LogP) is 6.05. The fourth-order valence-electron chi connectivity index (χ4n) is 8.97. The standard InChI is InChI=1S/C26H46O2/c1-16(2)6-7-17(3)20-8-9-21-24-22(11-13-26(20,21)5)25(4)12-10-19(27)14-18(25)15-23(24)28/h16-24,27-28H,6-15H2,1-5H3/t17-,18+,19-,20?,21?,22?,23+,24?,25+,26-/m1/s1. The lowest BCUT2D eigenvalue weighted by atomic mass is 9.43. The van der Waals surface area contributed by atoms with E-state index in [1.807, 2.05) is 0 Å². The van der Waals surface area contributed by atoms with Gasteiger partial charge in [-0.3, -0.25) is 0 Å². The number of aliphatic hydroxyl groups is 2. The van der Waals surface area contributed by atoms with Gasteiger partial charge in [-0.05, 0) is 104 Å². The second-order valence-electron chi connectivity index (χ2n) is 12.4. The summed E-state index contributed by atoms with van der Waals surface area (Å²) in [5.74, 6) is 4.92. The molecular weight excluding hydrogens is 344 g/mol. The van der Waals surface area contributed by atoms with E-state index in [0.29, 0.717) is 28.6 Å². The van der Waals surface area contributed by atoms with Gasteiger partial charge < -0.3 is 10.2 Å². The van der Waals surface area contributed by atoms with Crippen LogP contribution in [0, 0.1) is 52.3 Å². The van der Waals surface area contributed by atoms with Crippen molar-refractivity contribution in [3.05, 3.63) is 0 Å². The molecular formula is C26H46O2. The van der Waals surface area contributed by atoms with E-state index in [1.165, 1.54) is 44.9 Å². The maximum absolute atomic E-state index is 11.3. The van der Waals surface area contributed by atoms with Crippen molar-refractivity contribution < 1.29 is 10.2 Å². The van der Waals surface area contributed by atoms with Gasteiger partial charge in [0.2, 0.25) is 0 Å². The lowest BCUT2D eigenvalue weighted by molar-refractivity contribution is -0.174. The van der Waals surface area contributed by atoms with Gasteiger partial charge in [-0.15, -0.1) is 0 Å². The lowest BCUT2D eigenvalue weighted by Gasteiger charge is -2.62. The highest BCUT2D eigenvalue weighted by atomic mass is 16.3. The molecule has 0 saturated heterocycles. The molecule has 0 radical (unpaired) electrons. The molecule has 4 fully saturated rings. The van der Waals surface area contributed by atoms with Gasteiger partial charge in [0, 0.05) is 0 Å². The molecule has 0 amide bonds. The predicted molar refractivity (Wildman–Crippen MR) is 116 cm³/mol. The zero-order chi connectivity index (χ0) is 20.3. The Bertz CT molecular complexity index is 559. The normalized spacial score (nSPS) is 52.1. The first kappa shape index (κ1) is 21.2. The maximum atomic E-state index is 11.3. The summed E-state index contributed by atoms with van der Waals surface area (Å²) in [6.07, 6.45) is 11.9. The molecule has 0 aromatic carbocycles. The first-order valence-electron chi connectivity index (χ1n) is 12.5. The van der Waals surface area contributed by atoms with Gasteiger partial charge in [-0.1, -0.05) is 47.5 Å². The van der Waals surface area contributed by atoms with Crippen LogP contribution in [0.2, 0.25) is 0 Å². The van der Waals surface area contributed by atoms with Gasteiger partial charge in [0.05, 0.1) is 12.2 Å². The summed E-state index contributed by atoms with van der Waals surface area (Å²) >= 11 is 0. The van der Waals surface area contributed by atoms with E-state index in [9.17, 15) is 10.2 Å². The first-order chi connectivity index (χ1) is 13.2. The van der Waals surface area contributed by atoms with E-state index in [1.54, 1.807) is 0 Å². The highest BCUT2D eigenvalue weighted by molar-refractivity contribution is 5.11. The van der Waals surface area contributed by atoms with Crippen LogP contribution in [0.25, 0.3) is 0 Å². The van der Waals surface area contributed by atoms with E-state index in [4.69, 9.17) is 0 Å². The molecule has 10 atom stereocenters. The van der Waals surface area contributed by atoms with Crippen LogP contribution < -0.4 is 0 Å². The second-order valence-corrected chi connectivity index (χ2v) is 12.4. The summed E-state index contributed by atoms with van der Waals surface area (Å²) in [7, 11) is 0. The van der Waals surface area contributed by atoms with Crippen LogP contribution in [0.15, 0.2) is 0 Å². The van der Waals surface area contributed by atoms with Crippen molar-refractivity contribution in [3.63, 3.8) is 0 Å². The summed E-state index contributed by atoms with van der Waals surface area (Å²) in [6, 6.07) is 0. The molecule has 4 unspecified atom stereocenters. The molecule has 2 N–H and O–H groups in total. The smallest absolute Gasteiger partial charge is 0.0577 e. The van der Waals surface area contributed by atoms with Gasteiger partial charge in [-0.2, -0.15) is 0 Å². The highest BCUT2D eigenvalue weighted by Crippen LogP contribution is 2.68. The Labute approximate surface area is 173 Å². The van der Waals surface area contributed by atoms with Crippen LogP contribution in [-0.4, -0.2) is 22.4 Å². The number of aliphatic hydroxyl groups excluding tert-OH is 2. The molecule has 4 saturated carbocycles. The average Bonchev–Trinajstić information content (AvgIpc) is 2.98. The van der Waals surface area contributed by atoms with E-state index < -0.39 is 0 Å². The number of rotatable bonds is 4. The Morgan fingerprint density at radius 2 is 1.50 bits per heavy atom. The van der Waals surface area contributed by atoms with Crippen molar-refractivity contribution in [2.45, 2.75) is 111 Å². The van der Waals surface area contributed by atoms with Crippen LogP contribution in [-0.2, 0) is 0 Å². The van der Waals surface area contributed by atoms with Gasteiger partial charge in [0.1, 0.15) is 0 Å². The van der Waals surface area contributed by atoms with Crippen LogP contribution in [0.3, 0.4) is 0 Å². The number of hydrogen-bond acceptors (Lipinski definition) is 2. The maximum Gasteiger partial charge on any atom is 0.0577 e. The first-order valence-corrected chi connectivity index (χ1v) is 12.5. The molecule has 2 nitrogen and oxygen atoms in total. The van der Waals surface area contributed by atoms with Gasteiger partial charge in [-0.25, -0.2) is 0 Å². The van der Waals surface area contributed by atoms with Crippen molar-refractivity contribution in [1.82, 2.24) is 0 Å². The SMILES string of the molecule is CC(C)CC[C@@H](C)C1CCC2C3C(CC[C@@]21C)[C@@]1(C)CC[C@@H](O)C[C@H]1C[C@@H]3O. The third kappa shape index (κ3) is 3.29. The molecule has 0 aromatic rings. The molecule has 2 heteroatoms. The van der Waals surface area contributed by atoms with Gasteiger partial charge >= 0.3 is 0 Å². The van der Waals surface area contributed by atoms with Crippen LogP contribution in [0.1, 0.15) is 98.8 Å². The van der Waals surface area contributed by atoms with Crippen LogP contribution in [0.5, 0.6) is 0 Å². The molecule has 162 valence electrons. The Balaban J connectivity index is 1.55. The molecule has 4 aliphatic carbocycles. The minimum Gasteiger partial charge on any atom is -0.393 e. The zero-order valence-corrected chi connectivity index (χ0v) is 19.2. The van der Waals surface area contributed by atoms with Gasteiger partial charge in [0.25, 0.3) is 0 Å². The number of fused-ring (bicyclic) bond motifs is 5. The van der Waals surface area contributed by atoms with Crippen molar-refractivity contribution in [1.29, 1.82) is 0 Å². The molecule has 0 aliphatic heterocycles. The minimum absolute atomic E-state index is 0.131. The Hall–Kier alpha value is -0.0800. The third-order valence-corrected chi connectivity index (χ3v) is 10.6. The summed E-state index contributed by atoms with van der Waals surface area (Å²) in [6.45, 7) is 12.3. The molecule has 0 aromatic heterocycles. The third-order valence-electron chi connectivity index (χ3n) is 10.6. The van der Waals surface area contributed by atoms with E-state index in [-0.39, 0.29) is 12.2 Å². The average molecular weight is 391 g/mol. The summed E-state index contributed by atoms with van der Waals surface area (Å²) in [5, 5.41) is 21.6. The van der Waals surface area contributed by atoms with Crippen LogP contribution >= 0.6 is 0 Å². The minimum atomic E-state index is -0.136. The fraction of sp³-hybridized carbons (Fsp3) is 1.00. The quantitative estimate of drug-likeness (QED) is 0.613. The number of hydrogen-bond donors (Lipinski definition) is 2. The van der Waals surface area contributed by atoms with E-state index in [0.717, 1.165) is 42.9 Å². The topological polar surface area (TPSA) is 40.5 Å². The van der Waals surface area contributed by atoms with Crippen LogP contribution in [0.4, 0.5) is 0 Å². The highest BCUT2D eigenvalue weighted by Gasteiger charge is 2.62. The van der Waals surface area contributed by atoms with E-state index >= 15 is 0 Å². The summed E-state index contributed by atoms with van der Waals surface area (Å²) in [4.78, 5) is 0. The summed E-state index contributed by atoms with van der Waals surface area (Å²) in [5.41, 5.74) is 0.793. The van der Waals surface area contributed by atoms with Crippen molar-refractivity contribution in [2.24, 2.45) is 52.3 Å². The zero-order valence-electron chi connectivity index (χ0n) is 19.2. The van der Waals surface area contributed by atoms with Crippen molar-refractivity contribution >= 4 is 0 Å². The van der Waals surface area contributed by atoms with Crippen molar-refractivity contribution in [3.8, 4) is 0 Å². The lowest BCUT2D eigenvalue weighted by Crippen LogP contribution is -2.58. The molecule has 4 aliphatic rings. The van der Waals surface area contributed by atoms with Gasteiger partial charge in [0.15, 0.2) is 0 Å². The monoisotopic (exact) mass is 390 g/mol. The molecule has 0 spiro atoms. The Morgan fingerprint density at radius 3 is 2.21 bits per heavy atom. The Morgan fingerprint density at radius 1 is 0.821 bits per heavy atom.